The SMILES string of the molecule is CC(=O)Nc1ccc(NC(=O)C2CCCCN2C(=O)c2cccs2)cc1Cl. The predicted octanol–water partition coefficient (Wildman–Crippen LogP) is 3.99. The summed E-state index contributed by atoms with van der Waals surface area (Å²) in [5.41, 5.74) is 1.00. The van der Waals surface area contributed by atoms with Crippen LogP contribution in [0.15, 0.2) is 35.7 Å². The number of carbonyl (C=O) groups is 3. The normalized spacial score (nSPS) is 16.7. The van der Waals surface area contributed by atoms with E-state index in [1.54, 1.807) is 29.2 Å². The molecule has 6 nitrogen and oxygen atoms in total. The summed E-state index contributed by atoms with van der Waals surface area (Å²) in [5, 5.41) is 7.64. The van der Waals surface area contributed by atoms with Crippen LogP contribution in [0.4, 0.5) is 11.4 Å². The maximum atomic E-state index is 12.8. The number of hydrogen-bond acceptors (Lipinski definition) is 4. The number of nitrogens with zero attached hydrogens (tertiary/aromatic N) is 1. The summed E-state index contributed by atoms with van der Waals surface area (Å²) in [6.07, 6.45) is 2.41. The third-order valence-corrected chi connectivity index (χ3v) is 5.52. The van der Waals surface area contributed by atoms with E-state index < -0.39 is 6.04 Å². The Morgan fingerprint density at radius 1 is 1.19 bits per heavy atom. The summed E-state index contributed by atoms with van der Waals surface area (Å²) in [6.45, 7) is 1.96. The number of nitrogens with one attached hydrogen (secondary N) is 2. The van der Waals surface area contributed by atoms with Gasteiger partial charge < -0.3 is 15.5 Å². The molecule has 1 aliphatic rings. The van der Waals surface area contributed by atoms with Crippen LogP contribution in [0.3, 0.4) is 0 Å². The first kappa shape index (κ1) is 19.4. The number of hydrogen-bond donors (Lipinski definition) is 2. The molecule has 2 aromatic rings. The molecule has 1 unspecified atom stereocenters. The minimum Gasteiger partial charge on any atom is -0.326 e. The minimum absolute atomic E-state index is 0.108. The third-order valence-electron chi connectivity index (χ3n) is 4.35. The Morgan fingerprint density at radius 3 is 2.67 bits per heavy atom. The van der Waals surface area contributed by atoms with Crippen molar-refractivity contribution in [2.75, 3.05) is 17.2 Å². The predicted molar refractivity (Wildman–Crippen MR) is 107 cm³/mol. The van der Waals surface area contributed by atoms with E-state index in [9.17, 15) is 14.4 Å². The molecule has 1 aromatic carbocycles. The quantitative estimate of drug-likeness (QED) is 0.807. The first-order chi connectivity index (χ1) is 13.0. The molecule has 3 rings (SSSR count). The molecule has 0 saturated carbocycles. The molecule has 27 heavy (non-hydrogen) atoms. The van der Waals surface area contributed by atoms with E-state index in [1.807, 2.05) is 11.4 Å². The molecule has 2 N–H and O–H groups in total. The van der Waals surface area contributed by atoms with Crippen LogP contribution in [0.25, 0.3) is 0 Å². The van der Waals surface area contributed by atoms with Gasteiger partial charge in [0.25, 0.3) is 5.91 Å². The summed E-state index contributed by atoms with van der Waals surface area (Å²) >= 11 is 7.54. The van der Waals surface area contributed by atoms with Gasteiger partial charge in [0.05, 0.1) is 15.6 Å². The second kappa shape index (κ2) is 8.54. The van der Waals surface area contributed by atoms with Crippen molar-refractivity contribution in [2.45, 2.75) is 32.2 Å². The number of piperidine rings is 1. The van der Waals surface area contributed by atoms with Crippen molar-refractivity contribution in [3.05, 3.63) is 45.6 Å². The average molecular weight is 406 g/mol. The Labute approximate surface area is 166 Å². The van der Waals surface area contributed by atoms with Gasteiger partial charge in [-0.05, 0) is 48.9 Å². The van der Waals surface area contributed by atoms with Crippen LogP contribution in [0.5, 0.6) is 0 Å². The summed E-state index contributed by atoms with van der Waals surface area (Å²) in [6, 6.07) is 7.98. The molecule has 1 aromatic heterocycles. The zero-order valence-electron chi connectivity index (χ0n) is 14.8. The molecule has 3 amide bonds. The van der Waals surface area contributed by atoms with Gasteiger partial charge in [-0.1, -0.05) is 17.7 Å². The third kappa shape index (κ3) is 4.67. The van der Waals surface area contributed by atoms with Crippen LogP contribution >= 0.6 is 22.9 Å². The molecule has 0 aliphatic carbocycles. The van der Waals surface area contributed by atoms with Crippen LogP contribution in [0.2, 0.25) is 5.02 Å². The number of likely N-dealkylation sites (tertiary alicyclic amines) is 1. The van der Waals surface area contributed by atoms with Gasteiger partial charge in [-0.15, -0.1) is 11.3 Å². The van der Waals surface area contributed by atoms with E-state index >= 15 is 0 Å². The molecule has 1 aliphatic heterocycles. The van der Waals surface area contributed by atoms with E-state index in [1.165, 1.54) is 18.3 Å². The van der Waals surface area contributed by atoms with Gasteiger partial charge in [0.2, 0.25) is 11.8 Å². The molecule has 1 fully saturated rings. The Bertz CT molecular complexity index is 854. The summed E-state index contributed by atoms with van der Waals surface area (Å²) in [5.74, 6) is -0.564. The standard InChI is InChI=1S/C19H20ClN3O3S/c1-12(24)21-15-8-7-13(11-14(15)20)22-18(25)16-5-2-3-9-23(16)19(26)17-6-4-10-27-17/h4,6-8,10-11,16H,2-3,5,9H2,1H3,(H,21,24)(H,22,25). The van der Waals surface area contributed by atoms with Crippen LogP contribution in [-0.2, 0) is 9.59 Å². The number of rotatable bonds is 4. The maximum Gasteiger partial charge on any atom is 0.264 e. The molecule has 0 radical (unpaired) electrons. The lowest BCUT2D eigenvalue weighted by Gasteiger charge is -2.34. The first-order valence-electron chi connectivity index (χ1n) is 8.68. The average Bonchev–Trinajstić information content (AvgIpc) is 3.18. The van der Waals surface area contributed by atoms with Crippen molar-refractivity contribution in [3.63, 3.8) is 0 Å². The van der Waals surface area contributed by atoms with Gasteiger partial charge in [0.1, 0.15) is 6.04 Å². The van der Waals surface area contributed by atoms with Crippen molar-refractivity contribution in [2.24, 2.45) is 0 Å². The van der Waals surface area contributed by atoms with Crippen molar-refractivity contribution >= 4 is 52.0 Å². The molecule has 1 atom stereocenters. The lowest BCUT2D eigenvalue weighted by Crippen LogP contribution is -2.49. The van der Waals surface area contributed by atoms with Gasteiger partial charge in [0, 0.05) is 19.2 Å². The highest BCUT2D eigenvalue weighted by Crippen LogP contribution is 2.27. The molecular weight excluding hydrogens is 386 g/mol. The van der Waals surface area contributed by atoms with Gasteiger partial charge in [-0.3, -0.25) is 14.4 Å². The molecule has 1 saturated heterocycles. The molecule has 0 spiro atoms. The highest BCUT2D eigenvalue weighted by molar-refractivity contribution is 7.12. The van der Waals surface area contributed by atoms with Crippen LogP contribution in [-0.4, -0.2) is 35.2 Å². The Hall–Kier alpha value is -2.38. The van der Waals surface area contributed by atoms with Crippen molar-refractivity contribution in [3.8, 4) is 0 Å². The summed E-state index contributed by atoms with van der Waals surface area (Å²) in [4.78, 5) is 39.0. The molecule has 8 heteroatoms. The molecule has 2 heterocycles. The van der Waals surface area contributed by atoms with Gasteiger partial charge >= 0.3 is 0 Å². The topological polar surface area (TPSA) is 78.5 Å². The van der Waals surface area contributed by atoms with E-state index in [-0.39, 0.29) is 17.7 Å². The Morgan fingerprint density at radius 2 is 2.00 bits per heavy atom. The number of halogens is 1. The fraction of sp³-hybridized carbons (Fsp3) is 0.316. The van der Waals surface area contributed by atoms with Crippen LogP contribution < -0.4 is 10.6 Å². The molecule has 142 valence electrons. The maximum absolute atomic E-state index is 12.8. The largest absolute Gasteiger partial charge is 0.326 e. The van der Waals surface area contributed by atoms with E-state index in [0.29, 0.717) is 34.2 Å². The highest BCUT2D eigenvalue weighted by Gasteiger charge is 2.33. The van der Waals surface area contributed by atoms with Gasteiger partial charge in [-0.25, -0.2) is 0 Å². The fourth-order valence-corrected chi connectivity index (χ4v) is 4.01. The second-order valence-corrected chi connectivity index (χ2v) is 7.71. The van der Waals surface area contributed by atoms with Gasteiger partial charge in [-0.2, -0.15) is 0 Å². The monoisotopic (exact) mass is 405 g/mol. The zero-order valence-corrected chi connectivity index (χ0v) is 16.4. The van der Waals surface area contributed by atoms with Gasteiger partial charge in [0.15, 0.2) is 0 Å². The number of carbonyl (C=O) groups excluding carboxylic acids is 3. The number of thiophene rings is 1. The lowest BCUT2D eigenvalue weighted by atomic mass is 10.0. The van der Waals surface area contributed by atoms with Crippen LogP contribution in [0.1, 0.15) is 35.9 Å². The van der Waals surface area contributed by atoms with E-state index in [4.69, 9.17) is 11.6 Å². The number of amides is 3. The van der Waals surface area contributed by atoms with Crippen molar-refractivity contribution in [1.29, 1.82) is 0 Å². The fourth-order valence-electron chi connectivity index (χ4n) is 3.10. The summed E-state index contributed by atoms with van der Waals surface area (Å²) in [7, 11) is 0. The van der Waals surface area contributed by atoms with E-state index in [0.717, 1.165) is 12.8 Å². The Balaban J connectivity index is 1.73. The molecule has 0 bridgehead atoms. The zero-order chi connectivity index (χ0) is 19.4. The number of benzene rings is 1. The summed E-state index contributed by atoms with van der Waals surface area (Å²) < 4.78 is 0. The lowest BCUT2D eigenvalue weighted by molar-refractivity contribution is -0.121. The van der Waals surface area contributed by atoms with Crippen molar-refractivity contribution < 1.29 is 14.4 Å². The number of anilines is 2. The molecular formula is C19H20ClN3O3S. The highest BCUT2D eigenvalue weighted by atomic mass is 35.5. The Kier molecular flexibility index (Phi) is 6.13. The van der Waals surface area contributed by atoms with Crippen LogP contribution in [0, 0.1) is 0 Å². The second-order valence-electron chi connectivity index (χ2n) is 6.35. The first-order valence-corrected chi connectivity index (χ1v) is 9.94. The minimum atomic E-state index is -0.512. The van der Waals surface area contributed by atoms with E-state index in [2.05, 4.69) is 10.6 Å². The smallest absolute Gasteiger partial charge is 0.264 e. The van der Waals surface area contributed by atoms with Crippen molar-refractivity contribution in [1.82, 2.24) is 4.90 Å².